The van der Waals surface area contributed by atoms with E-state index >= 15 is 0 Å². The topological polar surface area (TPSA) is 71.2 Å². The summed E-state index contributed by atoms with van der Waals surface area (Å²) in [7, 11) is 1.77. The summed E-state index contributed by atoms with van der Waals surface area (Å²) < 4.78 is 1.92. The molecule has 2 aromatic heterocycles. The molecule has 0 radical (unpaired) electrons. The Morgan fingerprint density at radius 3 is 2.95 bits per heavy atom. The highest BCUT2D eigenvalue weighted by atomic mass is 16.3. The molecular formula is C16H20N4O2. The van der Waals surface area contributed by atoms with Gasteiger partial charge in [-0.2, -0.15) is 0 Å². The number of carbonyl (C=O) groups is 1. The van der Waals surface area contributed by atoms with Crippen molar-refractivity contribution >= 4 is 5.91 Å². The maximum absolute atomic E-state index is 12.4. The third-order valence-corrected chi connectivity index (χ3v) is 4.42. The number of likely N-dealkylation sites (N-methyl/N-ethyl adjacent to an activating group) is 1. The van der Waals surface area contributed by atoms with Crippen molar-refractivity contribution in [2.24, 2.45) is 0 Å². The molecule has 2 aromatic rings. The Hall–Kier alpha value is -2.21. The molecule has 0 saturated heterocycles. The van der Waals surface area contributed by atoms with E-state index in [-0.39, 0.29) is 18.0 Å². The van der Waals surface area contributed by atoms with Crippen molar-refractivity contribution in [3.05, 3.63) is 48.8 Å². The normalized spacial score (nSPS) is 24.4. The first-order valence-corrected chi connectivity index (χ1v) is 7.47. The third-order valence-electron chi connectivity index (χ3n) is 4.42. The van der Waals surface area contributed by atoms with Gasteiger partial charge in [-0.1, -0.05) is 6.07 Å². The molecule has 3 rings (SSSR count). The number of aromatic nitrogens is 3. The van der Waals surface area contributed by atoms with E-state index in [1.807, 2.05) is 22.9 Å². The molecule has 0 unspecified atom stereocenters. The van der Waals surface area contributed by atoms with Crippen molar-refractivity contribution in [2.75, 3.05) is 7.05 Å². The Kier molecular flexibility index (Phi) is 4.20. The van der Waals surface area contributed by atoms with Crippen LogP contribution in [0.3, 0.4) is 0 Å². The predicted octanol–water partition coefficient (Wildman–Crippen LogP) is 1.04. The zero-order chi connectivity index (χ0) is 15.5. The molecule has 1 saturated carbocycles. The molecule has 1 N–H and O–H groups in total. The van der Waals surface area contributed by atoms with Crippen LogP contribution in [-0.2, 0) is 11.2 Å². The highest BCUT2D eigenvalue weighted by molar-refractivity contribution is 5.78. The highest BCUT2D eigenvalue weighted by Crippen LogP contribution is 2.33. The van der Waals surface area contributed by atoms with E-state index in [1.165, 1.54) is 0 Å². The van der Waals surface area contributed by atoms with Gasteiger partial charge in [0.25, 0.3) is 0 Å². The van der Waals surface area contributed by atoms with Crippen LogP contribution in [0.2, 0.25) is 0 Å². The van der Waals surface area contributed by atoms with Gasteiger partial charge in [-0.15, -0.1) is 0 Å². The molecule has 0 aromatic carbocycles. The first-order valence-electron chi connectivity index (χ1n) is 7.47. The zero-order valence-electron chi connectivity index (χ0n) is 12.5. The van der Waals surface area contributed by atoms with Gasteiger partial charge < -0.3 is 14.6 Å². The summed E-state index contributed by atoms with van der Waals surface area (Å²) in [5, 5.41) is 10.6. The van der Waals surface area contributed by atoms with Crippen LogP contribution in [0.4, 0.5) is 0 Å². The molecule has 1 amide bonds. The summed E-state index contributed by atoms with van der Waals surface area (Å²) in [6.07, 6.45) is 10.0. The molecule has 0 bridgehead atoms. The number of pyridine rings is 1. The van der Waals surface area contributed by atoms with E-state index in [0.29, 0.717) is 6.42 Å². The number of hydrogen-bond donors (Lipinski definition) is 1. The van der Waals surface area contributed by atoms with Gasteiger partial charge >= 0.3 is 0 Å². The number of aliphatic hydroxyl groups is 1. The molecule has 0 spiro atoms. The minimum absolute atomic E-state index is 0.00308. The van der Waals surface area contributed by atoms with Gasteiger partial charge in [-0.25, -0.2) is 4.98 Å². The van der Waals surface area contributed by atoms with Crippen LogP contribution in [0.1, 0.15) is 24.4 Å². The van der Waals surface area contributed by atoms with Gasteiger partial charge in [0.2, 0.25) is 5.91 Å². The lowest BCUT2D eigenvalue weighted by atomic mass is 10.1. The van der Waals surface area contributed by atoms with Gasteiger partial charge in [0.1, 0.15) is 0 Å². The van der Waals surface area contributed by atoms with Crippen LogP contribution in [0, 0.1) is 0 Å². The van der Waals surface area contributed by atoms with E-state index in [1.54, 1.807) is 36.9 Å². The fourth-order valence-electron chi connectivity index (χ4n) is 3.14. The van der Waals surface area contributed by atoms with E-state index in [4.69, 9.17) is 0 Å². The molecule has 6 nitrogen and oxygen atoms in total. The quantitative estimate of drug-likeness (QED) is 0.916. The number of aliphatic hydroxyl groups excluding tert-OH is 1. The monoisotopic (exact) mass is 300 g/mol. The number of carbonyl (C=O) groups excluding carboxylic acids is 1. The van der Waals surface area contributed by atoms with Gasteiger partial charge in [-0.05, 0) is 24.5 Å². The molecule has 6 heteroatoms. The maximum atomic E-state index is 12.4. The number of rotatable bonds is 4. The standard InChI is InChI=1S/C16H20N4O2/c1-19(15(21)9-12-3-2-6-17-10-12)13-4-5-14(16(13)22)20-8-7-18-11-20/h2-3,6-8,10-11,13-14,16,22H,4-5,9H2,1H3/t13-,14-,16-/m1/s1. The predicted molar refractivity (Wildman–Crippen MR) is 81.0 cm³/mol. The van der Waals surface area contributed by atoms with Gasteiger partial charge in [0.15, 0.2) is 0 Å². The van der Waals surface area contributed by atoms with E-state index in [0.717, 1.165) is 18.4 Å². The summed E-state index contributed by atoms with van der Waals surface area (Å²) in [6.45, 7) is 0. The minimum Gasteiger partial charge on any atom is -0.389 e. The summed E-state index contributed by atoms with van der Waals surface area (Å²) >= 11 is 0. The molecular weight excluding hydrogens is 280 g/mol. The van der Waals surface area contributed by atoms with Crippen molar-refractivity contribution in [3.63, 3.8) is 0 Å². The Morgan fingerprint density at radius 1 is 1.41 bits per heavy atom. The molecule has 2 heterocycles. The molecule has 3 atom stereocenters. The SMILES string of the molecule is CN(C(=O)Cc1cccnc1)[C@@H]1CC[C@@H](n2ccnc2)[C@@H]1O. The molecule has 0 aliphatic heterocycles. The number of amides is 1. The average Bonchev–Trinajstić information content (AvgIpc) is 3.16. The minimum atomic E-state index is -0.572. The summed E-state index contributed by atoms with van der Waals surface area (Å²) in [5.41, 5.74) is 0.887. The third kappa shape index (κ3) is 2.87. The molecule has 22 heavy (non-hydrogen) atoms. The largest absolute Gasteiger partial charge is 0.389 e. The van der Waals surface area contributed by atoms with Gasteiger partial charge in [0.05, 0.1) is 30.9 Å². The number of imidazole rings is 1. The smallest absolute Gasteiger partial charge is 0.227 e. The Balaban J connectivity index is 1.65. The van der Waals surface area contributed by atoms with E-state index in [2.05, 4.69) is 9.97 Å². The molecule has 1 aliphatic carbocycles. The first kappa shape index (κ1) is 14.7. The van der Waals surface area contributed by atoms with Crippen molar-refractivity contribution in [1.29, 1.82) is 0 Å². The fraction of sp³-hybridized carbons (Fsp3) is 0.438. The van der Waals surface area contributed by atoms with E-state index in [9.17, 15) is 9.90 Å². The summed E-state index contributed by atoms with van der Waals surface area (Å²) in [5.74, 6) is 0.00308. The van der Waals surface area contributed by atoms with Crippen LogP contribution in [-0.4, -0.2) is 49.6 Å². The average molecular weight is 300 g/mol. The van der Waals surface area contributed by atoms with Crippen LogP contribution in [0.5, 0.6) is 0 Å². The number of hydrogen-bond acceptors (Lipinski definition) is 4. The summed E-state index contributed by atoms with van der Waals surface area (Å²) in [6, 6.07) is 3.54. The van der Waals surface area contributed by atoms with Crippen LogP contribution >= 0.6 is 0 Å². The lowest BCUT2D eigenvalue weighted by molar-refractivity contribution is -0.133. The molecule has 116 valence electrons. The van der Waals surface area contributed by atoms with Crippen LogP contribution in [0.25, 0.3) is 0 Å². The first-order chi connectivity index (χ1) is 10.7. The highest BCUT2D eigenvalue weighted by Gasteiger charge is 2.39. The van der Waals surface area contributed by atoms with Gasteiger partial charge in [0, 0.05) is 31.8 Å². The van der Waals surface area contributed by atoms with Gasteiger partial charge in [-0.3, -0.25) is 9.78 Å². The second-order valence-electron chi connectivity index (χ2n) is 5.76. The number of nitrogens with zero attached hydrogens (tertiary/aromatic N) is 4. The lowest BCUT2D eigenvalue weighted by Crippen LogP contribution is -2.44. The van der Waals surface area contributed by atoms with Crippen LogP contribution < -0.4 is 0 Å². The molecule has 1 aliphatic rings. The van der Waals surface area contributed by atoms with Crippen LogP contribution in [0.15, 0.2) is 43.2 Å². The zero-order valence-corrected chi connectivity index (χ0v) is 12.5. The van der Waals surface area contributed by atoms with Crippen molar-refractivity contribution in [3.8, 4) is 0 Å². The maximum Gasteiger partial charge on any atom is 0.227 e. The Morgan fingerprint density at radius 2 is 2.27 bits per heavy atom. The van der Waals surface area contributed by atoms with E-state index < -0.39 is 6.10 Å². The summed E-state index contributed by atoms with van der Waals surface area (Å²) in [4.78, 5) is 22.1. The van der Waals surface area contributed by atoms with Crippen molar-refractivity contribution in [2.45, 2.75) is 37.5 Å². The Labute approximate surface area is 129 Å². The second kappa shape index (κ2) is 6.27. The van der Waals surface area contributed by atoms with Crippen molar-refractivity contribution < 1.29 is 9.90 Å². The Bertz CT molecular complexity index is 614. The fourth-order valence-corrected chi connectivity index (χ4v) is 3.14. The molecule has 1 fully saturated rings. The second-order valence-corrected chi connectivity index (χ2v) is 5.76. The van der Waals surface area contributed by atoms with Crippen molar-refractivity contribution in [1.82, 2.24) is 19.4 Å². The lowest BCUT2D eigenvalue weighted by Gasteiger charge is -2.29.